The minimum atomic E-state index is 0.599. The summed E-state index contributed by atoms with van der Waals surface area (Å²) in [7, 11) is 5.67. The summed E-state index contributed by atoms with van der Waals surface area (Å²) in [4.78, 5) is 13.1. The number of benzene rings is 1. The first-order chi connectivity index (χ1) is 11.1. The Morgan fingerprint density at radius 3 is 2.87 bits per heavy atom. The lowest BCUT2D eigenvalue weighted by Crippen LogP contribution is -2.35. The molecule has 3 rings (SSSR count). The third-order valence-electron chi connectivity index (χ3n) is 4.00. The van der Waals surface area contributed by atoms with Gasteiger partial charge in [-0.15, -0.1) is 0 Å². The molecule has 0 saturated carbocycles. The molecule has 0 amide bonds. The van der Waals surface area contributed by atoms with Crippen molar-refractivity contribution in [3.8, 4) is 5.75 Å². The molecule has 1 aromatic carbocycles. The number of ether oxygens (including phenoxy) is 1. The smallest absolute Gasteiger partial charge is 0.225 e. The van der Waals surface area contributed by atoms with Gasteiger partial charge in [0.15, 0.2) is 5.82 Å². The van der Waals surface area contributed by atoms with Gasteiger partial charge in [-0.25, -0.2) is 4.98 Å². The summed E-state index contributed by atoms with van der Waals surface area (Å²) in [5.41, 5.74) is 3.06. The molecule has 0 fully saturated rings. The molecule has 0 radical (unpaired) electrons. The van der Waals surface area contributed by atoms with Gasteiger partial charge in [-0.05, 0) is 6.07 Å². The molecule has 0 unspecified atom stereocenters. The zero-order valence-corrected chi connectivity index (χ0v) is 13.7. The van der Waals surface area contributed by atoms with Gasteiger partial charge in [0.05, 0.1) is 19.9 Å². The van der Waals surface area contributed by atoms with E-state index >= 15 is 0 Å². The second-order valence-corrected chi connectivity index (χ2v) is 5.55. The van der Waals surface area contributed by atoms with Crippen molar-refractivity contribution in [3.05, 3.63) is 48.3 Å². The Hall–Kier alpha value is -2.76. The van der Waals surface area contributed by atoms with E-state index in [4.69, 9.17) is 4.74 Å². The van der Waals surface area contributed by atoms with Gasteiger partial charge in [-0.1, -0.05) is 24.8 Å². The van der Waals surface area contributed by atoms with Crippen LogP contribution in [0.2, 0.25) is 0 Å². The van der Waals surface area contributed by atoms with E-state index in [0.29, 0.717) is 12.5 Å². The highest BCUT2D eigenvalue weighted by atomic mass is 16.5. The third kappa shape index (κ3) is 2.92. The van der Waals surface area contributed by atoms with Crippen LogP contribution in [0.1, 0.15) is 5.56 Å². The van der Waals surface area contributed by atoms with Gasteiger partial charge in [0.25, 0.3) is 0 Å². The van der Waals surface area contributed by atoms with E-state index in [9.17, 15) is 0 Å². The Labute approximate surface area is 136 Å². The molecule has 1 aromatic heterocycles. The molecular formula is C17H21N5O. The number of fused-ring (bicyclic) bond motifs is 1. The molecule has 6 nitrogen and oxygen atoms in total. The van der Waals surface area contributed by atoms with Crippen molar-refractivity contribution in [1.29, 1.82) is 0 Å². The minimum absolute atomic E-state index is 0.599. The van der Waals surface area contributed by atoms with Crippen LogP contribution in [0, 0.1) is 0 Å². The second-order valence-electron chi connectivity index (χ2n) is 5.55. The molecule has 1 aliphatic rings. The van der Waals surface area contributed by atoms with Gasteiger partial charge in [0, 0.05) is 31.9 Å². The van der Waals surface area contributed by atoms with E-state index in [-0.39, 0.29) is 0 Å². The fourth-order valence-electron chi connectivity index (χ4n) is 2.62. The highest BCUT2D eigenvalue weighted by molar-refractivity contribution is 5.72. The Bertz CT molecular complexity index is 731. The normalized spacial score (nSPS) is 13.8. The average molecular weight is 311 g/mol. The lowest BCUT2D eigenvalue weighted by Gasteiger charge is -2.34. The summed E-state index contributed by atoms with van der Waals surface area (Å²) in [5, 5.41) is 3.26. The topological polar surface area (TPSA) is 53.5 Å². The van der Waals surface area contributed by atoms with Crippen molar-refractivity contribution < 1.29 is 4.74 Å². The maximum Gasteiger partial charge on any atom is 0.225 e. The van der Waals surface area contributed by atoms with Gasteiger partial charge in [-0.2, -0.15) is 4.98 Å². The van der Waals surface area contributed by atoms with Crippen LogP contribution in [0.5, 0.6) is 5.75 Å². The van der Waals surface area contributed by atoms with Crippen molar-refractivity contribution in [2.45, 2.75) is 6.54 Å². The number of likely N-dealkylation sites (N-methyl/N-ethyl adjacent to an activating group) is 2. The van der Waals surface area contributed by atoms with Crippen LogP contribution in [0.4, 0.5) is 17.5 Å². The average Bonchev–Trinajstić information content (AvgIpc) is 2.58. The second kappa shape index (κ2) is 6.16. The molecule has 0 aliphatic carbocycles. The van der Waals surface area contributed by atoms with E-state index in [0.717, 1.165) is 35.1 Å². The molecule has 6 heteroatoms. The van der Waals surface area contributed by atoms with Gasteiger partial charge in [0.2, 0.25) is 5.95 Å². The maximum atomic E-state index is 5.36. The number of hydrogen-bond donors (Lipinski definition) is 1. The third-order valence-corrected chi connectivity index (χ3v) is 4.00. The van der Waals surface area contributed by atoms with Crippen LogP contribution in [-0.2, 0) is 6.54 Å². The fourth-order valence-corrected chi connectivity index (χ4v) is 2.62. The standard InChI is InChI=1S/C17H21N5O/c1-12-11-21(2)16-14(22(12)3)10-19-17(20-16)18-9-13-7-5-6-8-15(13)23-4/h5-8,10H,1,9,11H2,2-4H3,(H,18,19,20). The molecule has 0 spiro atoms. The molecule has 0 atom stereocenters. The Kier molecular flexibility index (Phi) is 4.06. The number of rotatable bonds is 4. The number of hydrogen-bond acceptors (Lipinski definition) is 6. The van der Waals surface area contributed by atoms with Gasteiger partial charge < -0.3 is 19.9 Å². The SMILES string of the molecule is C=C1CN(C)c2nc(NCc3ccccc3OC)ncc2N1C. The predicted octanol–water partition coefficient (Wildman–Crippen LogP) is 2.50. The minimum Gasteiger partial charge on any atom is -0.496 e. The quantitative estimate of drug-likeness (QED) is 0.936. The van der Waals surface area contributed by atoms with Crippen molar-refractivity contribution >= 4 is 17.5 Å². The highest BCUT2D eigenvalue weighted by Gasteiger charge is 2.22. The molecule has 1 aliphatic heterocycles. The van der Waals surface area contributed by atoms with Gasteiger partial charge in [0.1, 0.15) is 11.4 Å². The first-order valence-electron chi connectivity index (χ1n) is 7.45. The first kappa shape index (κ1) is 15.1. The first-order valence-corrected chi connectivity index (χ1v) is 7.45. The summed E-state index contributed by atoms with van der Waals surface area (Å²) in [5.74, 6) is 2.35. The molecule has 2 heterocycles. The van der Waals surface area contributed by atoms with Crippen LogP contribution in [0.15, 0.2) is 42.7 Å². The monoisotopic (exact) mass is 311 g/mol. The Balaban J connectivity index is 1.80. The molecule has 23 heavy (non-hydrogen) atoms. The van der Waals surface area contributed by atoms with E-state index in [2.05, 4.69) is 26.8 Å². The van der Waals surface area contributed by atoms with Crippen LogP contribution < -0.4 is 19.9 Å². The van der Waals surface area contributed by atoms with E-state index in [1.807, 2.05) is 49.5 Å². The zero-order valence-electron chi connectivity index (χ0n) is 13.7. The number of nitrogens with one attached hydrogen (secondary N) is 1. The van der Waals surface area contributed by atoms with E-state index in [1.165, 1.54) is 0 Å². The van der Waals surface area contributed by atoms with Crippen LogP contribution in [0.25, 0.3) is 0 Å². The number of aromatic nitrogens is 2. The van der Waals surface area contributed by atoms with Crippen molar-refractivity contribution in [2.75, 3.05) is 42.9 Å². The lowest BCUT2D eigenvalue weighted by molar-refractivity contribution is 0.410. The zero-order chi connectivity index (χ0) is 16.4. The molecule has 0 bridgehead atoms. The van der Waals surface area contributed by atoms with Gasteiger partial charge in [-0.3, -0.25) is 0 Å². The summed E-state index contributed by atoms with van der Waals surface area (Å²) in [6, 6.07) is 7.91. The van der Waals surface area contributed by atoms with Crippen molar-refractivity contribution in [3.63, 3.8) is 0 Å². The lowest BCUT2D eigenvalue weighted by atomic mass is 10.2. The molecule has 2 aromatic rings. The largest absolute Gasteiger partial charge is 0.496 e. The summed E-state index contributed by atoms with van der Waals surface area (Å²) < 4.78 is 5.36. The maximum absolute atomic E-state index is 5.36. The van der Waals surface area contributed by atoms with Crippen LogP contribution >= 0.6 is 0 Å². The molecule has 1 N–H and O–H groups in total. The predicted molar refractivity (Wildman–Crippen MR) is 93.2 cm³/mol. The molecule has 0 saturated heterocycles. The molecule has 120 valence electrons. The van der Waals surface area contributed by atoms with Crippen LogP contribution in [-0.4, -0.2) is 37.7 Å². The number of para-hydroxylation sites is 1. The summed E-state index contributed by atoms with van der Waals surface area (Å²) >= 11 is 0. The number of methoxy groups -OCH3 is 1. The Morgan fingerprint density at radius 2 is 2.09 bits per heavy atom. The summed E-state index contributed by atoms with van der Waals surface area (Å²) in [6.07, 6.45) is 1.83. The molecular weight excluding hydrogens is 290 g/mol. The Morgan fingerprint density at radius 1 is 1.30 bits per heavy atom. The van der Waals surface area contributed by atoms with E-state index in [1.54, 1.807) is 7.11 Å². The highest BCUT2D eigenvalue weighted by Crippen LogP contribution is 2.32. The van der Waals surface area contributed by atoms with Gasteiger partial charge >= 0.3 is 0 Å². The van der Waals surface area contributed by atoms with E-state index < -0.39 is 0 Å². The van der Waals surface area contributed by atoms with Crippen LogP contribution in [0.3, 0.4) is 0 Å². The van der Waals surface area contributed by atoms with Crippen molar-refractivity contribution in [1.82, 2.24) is 9.97 Å². The van der Waals surface area contributed by atoms with Crippen molar-refractivity contribution in [2.24, 2.45) is 0 Å². The fraction of sp³-hybridized carbons (Fsp3) is 0.294. The summed E-state index contributed by atoms with van der Waals surface area (Å²) in [6.45, 7) is 5.42. The number of anilines is 3. The number of nitrogens with zero attached hydrogens (tertiary/aromatic N) is 4.